The summed E-state index contributed by atoms with van der Waals surface area (Å²) in [6.45, 7) is 7.33. The van der Waals surface area contributed by atoms with E-state index in [1.54, 1.807) is 0 Å². The van der Waals surface area contributed by atoms with E-state index in [0.717, 1.165) is 70.6 Å². The third kappa shape index (κ3) is 10.2. The molecule has 1 saturated heterocycles. The summed E-state index contributed by atoms with van der Waals surface area (Å²) in [4.78, 5) is 37.0. The van der Waals surface area contributed by atoms with Crippen molar-refractivity contribution in [3.05, 3.63) is 0 Å². The van der Waals surface area contributed by atoms with E-state index in [0.29, 0.717) is 30.8 Å². The highest BCUT2D eigenvalue weighted by Crippen LogP contribution is 2.40. The number of nitrogen functional groups attached to an aromatic ring is 1. The summed E-state index contributed by atoms with van der Waals surface area (Å²) in [5.74, 6) is 2.82. The topological polar surface area (TPSA) is 165 Å². The lowest BCUT2D eigenvalue weighted by atomic mass is 9.82. The van der Waals surface area contributed by atoms with Crippen molar-refractivity contribution in [3.63, 3.8) is 0 Å². The zero-order chi connectivity index (χ0) is 30.8. The lowest BCUT2D eigenvalue weighted by Gasteiger charge is -2.49. The minimum absolute atomic E-state index is 0.00145. The number of hydrogen-bond donors (Lipinski definition) is 6. The Morgan fingerprint density at radius 3 is 2.32 bits per heavy atom. The fraction of sp³-hybridized carbons (Fsp3) is 0.903. The number of nitrogens with two attached hydrogens (primary N) is 1. The minimum atomic E-state index is -3.97. The van der Waals surface area contributed by atoms with Gasteiger partial charge in [-0.25, -0.2) is 0 Å². The van der Waals surface area contributed by atoms with Gasteiger partial charge in [-0.3, -0.25) is 9.46 Å². The van der Waals surface area contributed by atoms with Gasteiger partial charge in [0.15, 0.2) is 0 Å². The third-order valence-corrected chi connectivity index (χ3v) is 11.5. The van der Waals surface area contributed by atoms with Crippen LogP contribution in [0.2, 0.25) is 0 Å². The van der Waals surface area contributed by atoms with Crippen molar-refractivity contribution < 1.29 is 14.4 Å². The molecule has 1 aromatic rings. The molecule has 12 nitrogen and oxygen atoms in total. The van der Waals surface area contributed by atoms with E-state index in [1.807, 2.05) is 0 Å². The van der Waals surface area contributed by atoms with Crippen molar-refractivity contribution >= 4 is 25.4 Å². The van der Waals surface area contributed by atoms with Crippen LogP contribution in [0.5, 0.6) is 0 Å². The standard InChI is InChI=1S/C31H58N9O3P/c32-28-36-29(35-23-26-12-10-25(11-13-26)22-33-16-6-17-34-27-8-2-1-3-9-27)38-30(37-28)39-19-20-40(18-7-21-44(41,42)43)31(24-39)14-4-5-15-31/h25-27,33-34H,1-24H2,(H2,41,42,43)(H3,32,35,36,37,38)/t25-,26-. The second-order valence-electron chi connectivity index (χ2n) is 14.0. The summed E-state index contributed by atoms with van der Waals surface area (Å²) < 4.78 is 11.4. The van der Waals surface area contributed by atoms with Crippen LogP contribution < -0.4 is 26.6 Å². The molecule has 3 saturated carbocycles. The second-order valence-corrected chi connectivity index (χ2v) is 15.8. The molecule has 3 aliphatic carbocycles. The van der Waals surface area contributed by atoms with E-state index in [2.05, 4.69) is 35.7 Å². The summed E-state index contributed by atoms with van der Waals surface area (Å²) in [7, 11) is -3.97. The van der Waals surface area contributed by atoms with Gasteiger partial charge in [0, 0.05) is 37.8 Å². The van der Waals surface area contributed by atoms with E-state index in [-0.39, 0.29) is 17.6 Å². The molecular formula is C31H58N9O3P. The first kappa shape index (κ1) is 33.8. The molecule has 250 valence electrons. The van der Waals surface area contributed by atoms with Crippen molar-refractivity contribution in [2.24, 2.45) is 11.8 Å². The summed E-state index contributed by atoms with van der Waals surface area (Å²) in [6.07, 6.45) is 18.1. The van der Waals surface area contributed by atoms with Crippen LogP contribution in [-0.2, 0) is 4.57 Å². The van der Waals surface area contributed by atoms with Crippen LogP contribution in [-0.4, -0.2) is 99.7 Å². The molecule has 0 amide bonds. The van der Waals surface area contributed by atoms with Gasteiger partial charge >= 0.3 is 7.60 Å². The Balaban J connectivity index is 1.02. The van der Waals surface area contributed by atoms with Gasteiger partial charge < -0.3 is 36.4 Å². The van der Waals surface area contributed by atoms with Gasteiger partial charge in [0.1, 0.15) is 0 Å². The van der Waals surface area contributed by atoms with Gasteiger partial charge in [0.25, 0.3) is 0 Å². The van der Waals surface area contributed by atoms with Crippen LogP contribution in [0.1, 0.15) is 96.3 Å². The molecule has 13 heteroatoms. The van der Waals surface area contributed by atoms with Crippen LogP contribution >= 0.6 is 7.60 Å². The van der Waals surface area contributed by atoms with Gasteiger partial charge in [0.2, 0.25) is 17.8 Å². The van der Waals surface area contributed by atoms with E-state index < -0.39 is 7.60 Å². The Hall–Kier alpha value is -1.56. The fourth-order valence-corrected chi connectivity index (χ4v) is 8.67. The van der Waals surface area contributed by atoms with Gasteiger partial charge in [-0.1, -0.05) is 32.1 Å². The van der Waals surface area contributed by atoms with E-state index in [1.165, 1.54) is 77.0 Å². The zero-order valence-electron chi connectivity index (χ0n) is 26.8. The molecule has 0 bridgehead atoms. The van der Waals surface area contributed by atoms with Gasteiger partial charge in [0.05, 0.1) is 6.16 Å². The second kappa shape index (κ2) is 16.3. The summed E-state index contributed by atoms with van der Waals surface area (Å²) in [5, 5.41) is 10.9. The fourth-order valence-electron chi connectivity index (χ4n) is 8.12. The van der Waals surface area contributed by atoms with Crippen molar-refractivity contribution in [2.75, 3.05) is 74.5 Å². The average Bonchev–Trinajstić information content (AvgIpc) is 3.47. The lowest BCUT2D eigenvalue weighted by molar-refractivity contribution is 0.0772. The lowest BCUT2D eigenvalue weighted by Crippen LogP contribution is -2.61. The normalized spacial score (nSPS) is 25.1. The number of rotatable bonds is 15. The minimum Gasteiger partial charge on any atom is -0.368 e. The molecule has 2 heterocycles. The van der Waals surface area contributed by atoms with E-state index >= 15 is 0 Å². The molecular weight excluding hydrogens is 577 g/mol. The molecule has 1 aromatic heterocycles. The van der Waals surface area contributed by atoms with Crippen LogP contribution in [0.25, 0.3) is 0 Å². The largest absolute Gasteiger partial charge is 0.368 e. The molecule has 0 unspecified atom stereocenters. The molecule has 0 radical (unpaired) electrons. The first-order valence-corrected chi connectivity index (χ1v) is 19.3. The van der Waals surface area contributed by atoms with E-state index in [4.69, 9.17) is 10.7 Å². The Labute approximate surface area is 264 Å². The van der Waals surface area contributed by atoms with E-state index in [9.17, 15) is 14.4 Å². The van der Waals surface area contributed by atoms with Crippen molar-refractivity contribution in [2.45, 2.75) is 108 Å². The molecule has 1 spiro atoms. The monoisotopic (exact) mass is 635 g/mol. The molecule has 4 fully saturated rings. The Kier molecular flexibility index (Phi) is 12.5. The smallest absolute Gasteiger partial charge is 0.325 e. The van der Waals surface area contributed by atoms with Crippen LogP contribution in [0, 0.1) is 11.8 Å². The maximum Gasteiger partial charge on any atom is 0.325 e. The van der Waals surface area contributed by atoms with Crippen LogP contribution in [0.15, 0.2) is 0 Å². The third-order valence-electron chi connectivity index (χ3n) is 10.6. The predicted octanol–water partition coefficient (Wildman–Crippen LogP) is 3.58. The number of hydrogen-bond acceptors (Lipinski definition) is 10. The number of aromatic nitrogens is 3. The average molecular weight is 636 g/mol. The quantitative estimate of drug-likeness (QED) is 0.123. The Morgan fingerprint density at radius 2 is 1.59 bits per heavy atom. The molecule has 0 aromatic carbocycles. The summed E-state index contributed by atoms with van der Waals surface area (Å²) in [6, 6.07) is 0.759. The molecule has 0 atom stereocenters. The number of piperazine rings is 1. The summed E-state index contributed by atoms with van der Waals surface area (Å²) >= 11 is 0. The number of nitrogens with one attached hydrogen (secondary N) is 3. The number of nitrogens with zero attached hydrogens (tertiary/aromatic N) is 5. The first-order chi connectivity index (χ1) is 21.3. The first-order valence-electron chi connectivity index (χ1n) is 17.5. The highest BCUT2D eigenvalue weighted by Gasteiger charge is 2.44. The van der Waals surface area contributed by atoms with Crippen LogP contribution in [0.3, 0.4) is 0 Å². The molecule has 1 aliphatic heterocycles. The highest BCUT2D eigenvalue weighted by molar-refractivity contribution is 7.51. The SMILES string of the molecule is Nc1nc(NC[C@H]2CC[C@H](CNCCCNC3CCCCC3)CC2)nc(N2CCN(CCCP(=O)(O)O)C3(CCCC3)C2)n1. The molecule has 5 rings (SSSR count). The number of anilines is 3. The maximum absolute atomic E-state index is 11.4. The maximum atomic E-state index is 11.4. The van der Waals surface area contributed by atoms with Gasteiger partial charge in [-0.05, 0) is 102 Å². The Morgan fingerprint density at radius 1 is 0.864 bits per heavy atom. The van der Waals surface area contributed by atoms with Gasteiger partial charge in [-0.2, -0.15) is 15.0 Å². The predicted molar refractivity (Wildman–Crippen MR) is 177 cm³/mol. The zero-order valence-corrected chi connectivity index (χ0v) is 27.7. The van der Waals surface area contributed by atoms with Crippen molar-refractivity contribution in [3.8, 4) is 0 Å². The molecule has 44 heavy (non-hydrogen) atoms. The van der Waals surface area contributed by atoms with Crippen molar-refractivity contribution in [1.82, 2.24) is 30.5 Å². The van der Waals surface area contributed by atoms with Crippen molar-refractivity contribution in [1.29, 1.82) is 0 Å². The molecule has 7 N–H and O–H groups in total. The molecule has 4 aliphatic rings. The van der Waals surface area contributed by atoms with Gasteiger partial charge in [-0.15, -0.1) is 0 Å². The van der Waals surface area contributed by atoms with Crippen LogP contribution in [0.4, 0.5) is 17.8 Å². The summed E-state index contributed by atoms with van der Waals surface area (Å²) in [5.41, 5.74) is 6.16. The Bertz CT molecular complexity index is 1060. The highest BCUT2D eigenvalue weighted by atomic mass is 31.2.